The number of nitrogens with one attached hydrogen (secondary N) is 2. The summed E-state index contributed by atoms with van der Waals surface area (Å²) in [6, 6.07) is 7.64. The second-order valence-corrected chi connectivity index (χ2v) is 6.41. The van der Waals surface area contributed by atoms with Crippen LogP contribution in [0.25, 0.3) is 11.2 Å². The molecule has 0 fully saturated rings. The predicted molar refractivity (Wildman–Crippen MR) is 100 cm³/mol. The number of ether oxygens (including phenoxy) is 1. The SMILES string of the molecule is CCc1ccc(OCC(O)Cn2c(=S)[nH]c3c2c(=O)[nH]c(=O)n3C)cc1. The third-order valence-corrected chi connectivity index (χ3v) is 4.53. The van der Waals surface area contributed by atoms with Crippen LogP contribution in [0.3, 0.4) is 0 Å². The number of fused-ring (bicyclic) bond motifs is 1. The summed E-state index contributed by atoms with van der Waals surface area (Å²) >= 11 is 5.23. The Kier molecular flexibility index (Phi) is 5.10. The number of hydrogen-bond donors (Lipinski definition) is 3. The van der Waals surface area contributed by atoms with Crippen molar-refractivity contribution in [3.63, 3.8) is 0 Å². The van der Waals surface area contributed by atoms with Crippen molar-refractivity contribution in [1.82, 2.24) is 19.1 Å². The lowest BCUT2D eigenvalue weighted by Gasteiger charge is -2.13. The Morgan fingerprint density at radius 3 is 2.58 bits per heavy atom. The molecule has 0 aliphatic rings. The summed E-state index contributed by atoms with van der Waals surface area (Å²) in [6.07, 6.45) is 0.0573. The number of imidazole rings is 1. The minimum Gasteiger partial charge on any atom is -0.491 e. The Bertz CT molecular complexity index is 1090. The van der Waals surface area contributed by atoms with Gasteiger partial charge >= 0.3 is 5.69 Å². The van der Waals surface area contributed by atoms with E-state index in [1.807, 2.05) is 24.3 Å². The van der Waals surface area contributed by atoms with Gasteiger partial charge in [0.15, 0.2) is 10.3 Å². The highest BCUT2D eigenvalue weighted by molar-refractivity contribution is 7.71. The molecule has 3 N–H and O–H groups in total. The molecule has 0 saturated heterocycles. The van der Waals surface area contributed by atoms with Gasteiger partial charge in [0.1, 0.15) is 24.1 Å². The summed E-state index contributed by atoms with van der Waals surface area (Å²) in [7, 11) is 1.52. The maximum absolute atomic E-state index is 12.1. The quantitative estimate of drug-likeness (QED) is 0.559. The second-order valence-electron chi connectivity index (χ2n) is 6.02. The molecule has 0 bridgehead atoms. The van der Waals surface area contributed by atoms with Crippen molar-refractivity contribution in [2.45, 2.75) is 26.0 Å². The van der Waals surface area contributed by atoms with Crippen molar-refractivity contribution in [1.29, 1.82) is 0 Å². The van der Waals surface area contributed by atoms with Gasteiger partial charge in [-0.3, -0.25) is 14.3 Å². The molecule has 9 heteroatoms. The van der Waals surface area contributed by atoms with Crippen LogP contribution < -0.4 is 16.0 Å². The Morgan fingerprint density at radius 1 is 1.23 bits per heavy atom. The highest BCUT2D eigenvalue weighted by Crippen LogP contribution is 2.14. The van der Waals surface area contributed by atoms with Gasteiger partial charge in [-0.25, -0.2) is 4.79 Å². The topological polar surface area (TPSA) is 105 Å². The summed E-state index contributed by atoms with van der Waals surface area (Å²) in [5.74, 6) is 0.656. The first kappa shape index (κ1) is 18.2. The molecule has 0 saturated carbocycles. The van der Waals surface area contributed by atoms with Gasteiger partial charge in [-0.1, -0.05) is 19.1 Å². The van der Waals surface area contributed by atoms with Crippen LogP contribution in [0.4, 0.5) is 0 Å². The van der Waals surface area contributed by atoms with Crippen LogP contribution in [-0.2, 0) is 20.0 Å². The molecule has 0 aliphatic heterocycles. The van der Waals surface area contributed by atoms with E-state index >= 15 is 0 Å². The molecule has 0 radical (unpaired) electrons. The van der Waals surface area contributed by atoms with E-state index in [0.717, 1.165) is 6.42 Å². The molecule has 138 valence electrons. The molecule has 0 amide bonds. The summed E-state index contributed by atoms with van der Waals surface area (Å²) in [6.45, 7) is 2.18. The Balaban J connectivity index is 1.79. The van der Waals surface area contributed by atoms with E-state index in [4.69, 9.17) is 17.0 Å². The van der Waals surface area contributed by atoms with Gasteiger partial charge in [0.05, 0.1) is 6.54 Å². The zero-order valence-electron chi connectivity index (χ0n) is 14.5. The first-order valence-corrected chi connectivity index (χ1v) is 8.63. The summed E-state index contributed by atoms with van der Waals surface area (Å²) < 4.78 is 8.58. The Morgan fingerprint density at radius 2 is 1.92 bits per heavy atom. The van der Waals surface area contributed by atoms with Crippen molar-refractivity contribution < 1.29 is 9.84 Å². The molecule has 0 aliphatic carbocycles. The van der Waals surface area contributed by atoms with Crippen molar-refractivity contribution in [3.8, 4) is 5.75 Å². The number of aromatic amines is 2. The molecule has 1 atom stereocenters. The minimum absolute atomic E-state index is 0.0452. The van der Waals surface area contributed by atoms with E-state index in [1.54, 1.807) is 0 Å². The lowest BCUT2D eigenvalue weighted by Crippen LogP contribution is -2.30. The molecule has 1 aromatic carbocycles. The first-order chi connectivity index (χ1) is 12.4. The van der Waals surface area contributed by atoms with Gasteiger partial charge in [0.2, 0.25) is 0 Å². The van der Waals surface area contributed by atoms with E-state index in [-0.39, 0.29) is 23.4 Å². The number of rotatable bonds is 6. The van der Waals surface area contributed by atoms with E-state index < -0.39 is 17.4 Å². The molecular weight excluding hydrogens is 356 g/mol. The highest BCUT2D eigenvalue weighted by Gasteiger charge is 2.16. The van der Waals surface area contributed by atoms with Crippen LogP contribution >= 0.6 is 12.2 Å². The van der Waals surface area contributed by atoms with E-state index in [1.165, 1.54) is 21.7 Å². The third-order valence-electron chi connectivity index (χ3n) is 4.21. The fourth-order valence-corrected chi connectivity index (χ4v) is 2.99. The van der Waals surface area contributed by atoms with Gasteiger partial charge in [-0.2, -0.15) is 0 Å². The lowest BCUT2D eigenvalue weighted by molar-refractivity contribution is 0.0930. The maximum Gasteiger partial charge on any atom is 0.329 e. The van der Waals surface area contributed by atoms with E-state index in [9.17, 15) is 14.7 Å². The number of benzene rings is 1. The van der Waals surface area contributed by atoms with Crippen LogP contribution in [0.1, 0.15) is 12.5 Å². The predicted octanol–water partition coefficient (Wildman–Crippen LogP) is 1.09. The standard InChI is InChI=1S/C17H20N4O4S/c1-3-10-4-6-12(7-5-10)25-9-11(22)8-21-13-14(18-17(21)26)20(2)16(24)19-15(13)23/h4-7,11,22H,3,8-9H2,1-2H3,(H,18,26)(H,19,23,24). The molecule has 3 rings (SSSR count). The second kappa shape index (κ2) is 7.30. The van der Waals surface area contributed by atoms with Crippen molar-refractivity contribution in [2.75, 3.05) is 6.61 Å². The molecule has 2 aromatic heterocycles. The van der Waals surface area contributed by atoms with E-state index in [0.29, 0.717) is 11.4 Å². The monoisotopic (exact) mass is 376 g/mol. The first-order valence-electron chi connectivity index (χ1n) is 8.22. The van der Waals surface area contributed by atoms with Crippen LogP contribution in [-0.4, -0.2) is 36.9 Å². The largest absolute Gasteiger partial charge is 0.491 e. The van der Waals surface area contributed by atoms with Gasteiger partial charge in [-0.15, -0.1) is 0 Å². The summed E-state index contributed by atoms with van der Waals surface area (Å²) in [5, 5.41) is 10.3. The smallest absolute Gasteiger partial charge is 0.329 e. The van der Waals surface area contributed by atoms with Gasteiger partial charge < -0.3 is 19.4 Å². The molecule has 8 nitrogen and oxygen atoms in total. The number of nitrogens with zero attached hydrogens (tertiary/aromatic N) is 2. The molecule has 2 heterocycles. The minimum atomic E-state index is -0.886. The Labute approximate surface area is 153 Å². The van der Waals surface area contributed by atoms with Gasteiger partial charge in [0, 0.05) is 7.05 Å². The zero-order valence-corrected chi connectivity index (χ0v) is 15.3. The van der Waals surface area contributed by atoms with Crippen molar-refractivity contribution in [2.24, 2.45) is 7.05 Å². The normalized spacial score (nSPS) is 12.4. The molecular formula is C17H20N4O4S. The molecule has 1 unspecified atom stereocenters. The van der Waals surface area contributed by atoms with Crippen LogP contribution in [0.15, 0.2) is 33.9 Å². The number of aromatic nitrogens is 4. The number of hydrogen-bond acceptors (Lipinski definition) is 5. The fourth-order valence-electron chi connectivity index (χ4n) is 2.72. The van der Waals surface area contributed by atoms with Gasteiger partial charge in [0.25, 0.3) is 5.56 Å². The van der Waals surface area contributed by atoms with Crippen LogP contribution in [0.2, 0.25) is 0 Å². The van der Waals surface area contributed by atoms with E-state index in [2.05, 4.69) is 16.9 Å². The summed E-state index contributed by atoms with van der Waals surface area (Å²) in [5.41, 5.74) is 0.632. The van der Waals surface area contributed by atoms with Crippen LogP contribution in [0.5, 0.6) is 5.75 Å². The van der Waals surface area contributed by atoms with Gasteiger partial charge in [-0.05, 0) is 36.3 Å². The highest BCUT2D eigenvalue weighted by atomic mass is 32.1. The lowest BCUT2D eigenvalue weighted by atomic mass is 10.2. The molecule has 0 spiro atoms. The molecule has 3 aromatic rings. The fraction of sp³-hybridized carbons (Fsp3) is 0.353. The van der Waals surface area contributed by atoms with Crippen molar-refractivity contribution in [3.05, 3.63) is 55.4 Å². The average Bonchev–Trinajstić information content (AvgIpc) is 2.95. The maximum atomic E-state index is 12.1. The number of aliphatic hydroxyl groups is 1. The zero-order chi connectivity index (χ0) is 18.8. The van der Waals surface area contributed by atoms with Crippen molar-refractivity contribution >= 4 is 23.4 Å². The number of aryl methyl sites for hydroxylation is 2. The number of H-pyrrole nitrogens is 2. The summed E-state index contributed by atoms with van der Waals surface area (Å²) in [4.78, 5) is 28.9. The van der Waals surface area contributed by atoms with Crippen LogP contribution in [0, 0.1) is 4.77 Å². The average molecular weight is 376 g/mol. The molecule has 26 heavy (non-hydrogen) atoms. The third kappa shape index (κ3) is 3.49. The number of aliphatic hydroxyl groups excluding tert-OH is 1. The Hall–Kier alpha value is -2.65.